The fourth-order valence-electron chi connectivity index (χ4n) is 3.18. The zero-order valence-corrected chi connectivity index (χ0v) is 12.4. The predicted molar refractivity (Wildman–Crippen MR) is 86.5 cm³/mol. The smallest absolute Gasteiger partial charge is 0.182 e. The van der Waals surface area contributed by atoms with E-state index in [1.54, 1.807) is 0 Å². The maximum atomic E-state index is 12.8. The molecule has 2 aromatic carbocycles. The Labute approximate surface area is 126 Å². The van der Waals surface area contributed by atoms with Crippen molar-refractivity contribution in [3.8, 4) is 11.1 Å². The molecular formula is C19H21NO. The van der Waals surface area contributed by atoms with Crippen molar-refractivity contribution in [3.63, 3.8) is 0 Å². The minimum atomic E-state index is -0.339. The highest BCUT2D eigenvalue weighted by Crippen LogP contribution is 2.28. The van der Waals surface area contributed by atoms with E-state index in [1.165, 1.54) is 5.56 Å². The molecule has 2 heteroatoms. The van der Waals surface area contributed by atoms with Gasteiger partial charge < -0.3 is 5.32 Å². The molecule has 0 aromatic heterocycles. The van der Waals surface area contributed by atoms with E-state index in [9.17, 15) is 4.79 Å². The lowest BCUT2D eigenvalue weighted by Crippen LogP contribution is -2.46. The van der Waals surface area contributed by atoms with Gasteiger partial charge in [-0.2, -0.15) is 0 Å². The van der Waals surface area contributed by atoms with Gasteiger partial charge in [-0.1, -0.05) is 61.5 Å². The molecule has 1 aliphatic heterocycles. The van der Waals surface area contributed by atoms with E-state index in [1.807, 2.05) is 42.5 Å². The first-order valence-electron chi connectivity index (χ1n) is 7.70. The van der Waals surface area contributed by atoms with Gasteiger partial charge in [-0.05, 0) is 36.9 Å². The molecule has 0 saturated carbocycles. The molecule has 1 N–H and O–H groups in total. The van der Waals surface area contributed by atoms with Crippen molar-refractivity contribution in [3.05, 3.63) is 60.2 Å². The summed E-state index contributed by atoms with van der Waals surface area (Å²) in [4.78, 5) is 12.8. The lowest BCUT2D eigenvalue weighted by Gasteiger charge is -2.26. The molecule has 3 rings (SSSR count). The summed E-state index contributed by atoms with van der Waals surface area (Å²) in [6.45, 7) is 3.04. The highest BCUT2D eigenvalue weighted by atomic mass is 16.1. The molecule has 1 atom stereocenters. The molecule has 1 heterocycles. The molecule has 0 amide bonds. The van der Waals surface area contributed by atoms with E-state index >= 15 is 0 Å². The van der Waals surface area contributed by atoms with Gasteiger partial charge in [0.25, 0.3) is 0 Å². The highest BCUT2D eigenvalue weighted by molar-refractivity contribution is 6.03. The number of hydrogen-bond donors (Lipinski definition) is 1. The third-order valence-corrected chi connectivity index (χ3v) is 4.54. The summed E-state index contributed by atoms with van der Waals surface area (Å²) in [5.74, 6) is 0.238. The molecule has 21 heavy (non-hydrogen) atoms. The van der Waals surface area contributed by atoms with Gasteiger partial charge in [0.05, 0.1) is 5.54 Å². The molecule has 108 valence electrons. The predicted octanol–water partition coefficient (Wildman–Crippen LogP) is 4.07. The van der Waals surface area contributed by atoms with Crippen LogP contribution in [0.5, 0.6) is 0 Å². The Morgan fingerprint density at radius 2 is 1.71 bits per heavy atom. The Bertz CT molecular complexity index is 610. The van der Waals surface area contributed by atoms with Crippen LogP contribution in [0, 0.1) is 0 Å². The van der Waals surface area contributed by atoms with Crippen molar-refractivity contribution >= 4 is 5.78 Å². The summed E-state index contributed by atoms with van der Waals surface area (Å²) in [7, 11) is 0. The maximum Gasteiger partial charge on any atom is 0.182 e. The van der Waals surface area contributed by atoms with Gasteiger partial charge in [-0.3, -0.25) is 4.79 Å². The molecule has 0 bridgehead atoms. The molecule has 0 radical (unpaired) electrons. The lowest BCUT2D eigenvalue weighted by atomic mass is 9.85. The first-order chi connectivity index (χ1) is 10.2. The van der Waals surface area contributed by atoms with Gasteiger partial charge in [0.1, 0.15) is 0 Å². The summed E-state index contributed by atoms with van der Waals surface area (Å²) in [5, 5.41) is 3.41. The SMILES string of the molecule is CCC1(C(=O)c2ccc(-c3ccccc3)cc2)CCCN1. The summed E-state index contributed by atoms with van der Waals surface area (Å²) >= 11 is 0. The molecule has 0 spiro atoms. The fraction of sp³-hybridized carbons (Fsp3) is 0.316. The van der Waals surface area contributed by atoms with Crippen LogP contribution in [0.1, 0.15) is 36.5 Å². The first-order valence-corrected chi connectivity index (χ1v) is 7.70. The average molecular weight is 279 g/mol. The van der Waals surface area contributed by atoms with Crippen molar-refractivity contribution in [2.45, 2.75) is 31.7 Å². The zero-order chi connectivity index (χ0) is 14.7. The Morgan fingerprint density at radius 3 is 2.29 bits per heavy atom. The minimum Gasteiger partial charge on any atom is -0.305 e. The highest BCUT2D eigenvalue weighted by Gasteiger charge is 2.39. The van der Waals surface area contributed by atoms with Crippen molar-refractivity contribution in [1.29, 1.82) is 0 Å². The summed E-state index contributed by atoms with van der Waals surface area (Å²) in [6, 6.07) is 18.3. The molecule has 2 aromatic rings. The van der Waals surface area contributed by atoms with Gasteiger partial charge in [0.15, 0.2) is 5.78 Å². The van der Waals surface area contributed by atoms with E-state index in [0.717, 1.165) is 36.9 Å². The number of carbonyl (C=O) groups excluding carboxylic acids is 1. The molecule has 0 aliphatic carbocycles. The Balaban J connectivity index is 1.86. The number of rotatable bonds is 4. The Hall–Kier alpha value is -1.93. The third-order valence-electron chi connectivity index (χ3n) is 4.54. The van der Waals surface area contributed by atoms with Crippen molar-refractivity contribution in [2.75, 3.05) is 6.54 Å². The van der Waals surface area contributed by atoms with E-state index in [0.29, 0.717) is 0 Å². The van der Waals surface area contributed by atoms with Gasteiger partial charge in [-0.15, -0.1) is 0 Å². The van der Waals surface area contributed by atoms with Crippen molar-refractivity contribution < 1.29 is 4.79 Å². The number of nitrogens with one attached hydrogen (secondary N) is 1. The number of ketones is 1. The Morgan fingerprint density at radius 1 is 1.05 bits per heavy atom. The van der Waals surface area contributed by atoms with Crippen LogP contribution in [-0.2, 0) is 0 Å². The topological polar surface area (TPSA) is 29.1 Å². The second kappa shape index (κ2) is 5.82. The number of carbonyl (C=O) groups is 1. The van der Waals surface area contributed by atoms with Crippen LogP contribution in [0.3, 0.4) is 0 Å². The molecule has 1 unspecified atom stereocenters. The standard InChI is InChI=1S/C19H21NO/c1-2-19(13-6-14-20-19)18(21)17-11-9-16(10-12-17)15-7-4-3-5-8-15/h3-5,7-12,20H,2,6,13-14H2,1H3. The van der Waals surface area contributed by atoms with E-state index in [2.05, 4.69) is 24.4 Å². The van der Waals surface area contributed by atoms with Crippen LogP contribution in [0.2, 0.25) is 0 Å². The molecular weight excluding hydrogens is 258 g/mol. The van der Waals surface area contributed by atoms with Gasteiger partial charge >= 0.3 is 0 Å². The molecule has 1 fully saturated rings. The minimum absolute atomic E-state index is 0.238. The summed E-state index contributed by atoms with van der Waals surface area (Å²) < 4.78 is 0. The lowest BCUT2D eigenvalue weighted by molar-refractivity contribution is 0.0864. The largest absolute Gasteiger partial charge is 0.305 e. The van der Waals surface area contributed by atoms with Crippen LogP contribution in [0.15, 0.2) is 54.6 Å². The van der Waals surface area contributed by atoms with E-state index < -0.39 is 0 Å². The maximum absolute atomic E-state index is 12.8. The summed E-state index contributed by atoms with van der Waals surface area (Å²) in [6.07, 6.45) is 2.89. The van der Waals surface area contributed by atoms with Crippen LogP contribution < -0.4 is 5.32 Å². The second-order valence-corrected chi connectivity index (χ2v) is 5.74. The molecule has 1 aliphatic rings. The summed E-state index contributed by atoms with van der Waals surface area (Å²) in [5.41, 5.74) is 2.80. The second-order valence-electron chi connectivity index (χ2n) is 5.74. The normalized spacial score (nSPS) is 21.4. The van der Waals surface area contributed by atoms with Crippen LogP contribution >= 0.6 is 0 Å². The van der Waals surface area contributed by atoms with Crippen molar-refractivity contribution in [1.82, 2.24) is 5.32 Å². The van der Waals surface area contributed by atoms with E-state index in [4.69, 9.17) is 0 Å². The Kier molecular flexibility index (Phi) is 3.89. The van der Waals surface area contributed by atoms with Crippen molar-refractivity contribution in [2.24, 2.45) is 0 Å². The molecule has 1 saturated heterocycles. The number of hydrogen-bond acceptors (Lipinski definition) is 2. The zero-order valence-electron chi connectivity index (χ0n) is 12.4. The van der Waals surface area contributed by atoms with Gasteiger partial charge in [-0.25, -0.2) is 0 Å². The quantitative estimate of drug-likeness (QED) is 0.855. The fourth-order valence-corrected chi connectivity index (χ4v) is 3.18. The van der Waals surface area contributed by atoms with Crippen LogP contribution in [0.4, 0.5) is 0 Å². The van der Waals surface area contributed by atoms with Gasteiger partial charge in [0, 0.05) is 5.56 Å². The van der Waals surface area contributed by atoms with E-state index in [-0.39, 0.29) is 11.3 Å². The van der Waals surface area contributed by atoms with Crippen LogP contribution in [-0.4, -0.2) is 17.9 Å². The first kappa shape index (κ1) is 14.0. The van der Waals surface area contributed by atoms with Gasteiger partial charge in [0.2, 0.25) is 0 Å². The monoisotopic (exact) mass is 279 g/mol. The number of Topliss-reactive ketones (excluding diaryl/α,β-unsaturated/α-hetero) is 1. The third kappa shape index (κ3) is 2.64. The average Bonchev–Trinajstić information content (AvgIpc) is 3.05. The van der Waals surface area contributed by atoms with Crippen LogP contribution in [0.25, 0.3) is 11.1 Å². The molecule has 2 nitrogen and oxygen atoms in total. The number of benzene rings is 2.